The van der Waals surface area contributed by atoms with Crippen molar-refractivity contribution in [2.45, 2.75) is 26.3 Å². The molecule has 1 amide bonds. The number of hydrogen-bond acceptors (Lipinski definition) is 4. The van der Waals surface area contributed by atoms with Crippen molar-refractivity contribution in [1.82, 2.24) is 9.55 Å². The number of amides is 1. The number of unbranched alkanes of at least 4 members (excludes halogenated alkanes) is 1. The Morgan fingerprint density at radius 1 is 1.15 bits per heavy atom. The van der Waals surface area contributed by atoms with Gasteiger partial charge in [0.15, 0.2) is 5.69 Å². The van der Waals surface area contributed by atoms with E-state index in [1.54, 1.807) is 12.1 Å². The minimum atomic E-state index is -0.679. The lowest BCUT2D eigenvalue weighted by Gasteiger charge is -2.20. The lowest BCUT2D eigenvalue weighted by Crippen LogP contribution is -2.39. The third kappa shape index (κ3) is 3.48. The van der Waals surface area contributed by atoms with E-state index in [-0.39, 0.29) is 17.4 Å². The first kappa shape index (κ1) is 18.4. The molecule has 1 heterocycles. The molecule has 140 valence electrons. The number of nitrogens with one attached hydrogen (secondary N) is 1. The summed E-state index contributed by atoms with van der Waals surface area (Å²) in [5.41, 5.74) is 5.24. The molecule has 3 N–H and O–H groups in total. The smallest absolute Gasteiger partial charge is 0.330 e. The van der Waals surface area contributed by atoms with Crippen LogP contribution in [0.1, 0.15) is 30.1 Å². The number of nitrogens with two attached hydrogens (primary N) is 1. The zero-order chi connectivity index (χ0) is 19.6. The molecule has 0 aliphatic rings. The van der Waals surface area contributed by atoms with E-state index in [4.69, 9.17) is 5.73 Å². The number of fused-ring (bicyclic) bond motifs is 1. The van der Waals surface area contributed by atoms with Gasteiger partial charge in [0.1, 0.15) is 5.82 Å². The SMILES string of the molecule is CCCCn1c(N)c(N(C)C(=O)c2ccc3ccccc3c2)c(=O)[nH]c1=O. The predicted molar refractivity (Wildman–Crippen MR) is 107 cm³/mol. The molecule has 0 aliphatic carbocycles. The zero-order valence-electron chi connectivity index (χ0n) is 15.4. The van der Waals surface area contributed by atoms with Gasteiger partial charge in [-0.25, -0.2) is 4.79 Å². The third-order valence-corrected chi connectivity index (χ3v) is 4.59. The first-order chi connectivity index (χ1) is 12.9. The number of hydrogen-bond donors (Lipinski definition) is 2. The average Bonchev–Trinajstić information content (AvgIpc) is 2.66. The normalized spacial score (nSPS) is 10.9. The molecule has 0 atom stereocenters. The molecule has 0 saturated heterocycles. The lowest BCUT2D eigenvalue weighted by molar-refractivity contribution is 0.0993. The highest BCUT2D eigenvalue weighted by Crippen LogP contribution is 2.21. The van der Waals surface area contributed by atoms with Gasteiger partial charge in [0, 0.05) is 19.2 Å². The van der Waals surface area contributed by atoms with Crippen molar-refractivity contribution in [3.63, 3.8) is 0 Å². The first-order valence-electron chi connectivity index (χ1n) is 8.83. The Morgan fingerprint density at radius 2 is 1.85 bits per heavy atom. The minimum Gasteiger partial charge on any atom is -0.383 e. The highest BCUT2D eigenvalue weighted by Gasteiger charge is 2.22. The fraction of sp³-hybridized carbons (Fsp3) is 0.250. The predicted octanol–water partition coefficient (Wildman–Crippen LogP) is 2.35. The van der Waals surface area contributed by atoms with E-state index in [9.17, 15) is 14.4 Å². The Morgan fingerprint density at radius 3 is 2.56 bits per heavy atom. The highest BCUT2D eigenvalue weighted by atomic mass is 16.2. The fourth-order valence-electron chi connectivity index (χ4n) is 3.06. The second-order valence-corrected chi connectivity index (χ2v) is 6.42. The zero-order valence-corrected chi connectivity index (χ0v) is 15.4. The van der Waals surface area contributed by atoms with E-state index in [1.165, 1.54) is 16.5 Å². The summed E-state index contributed by atoms with van der Waals surface area (Å²) in [6.07, 6.45) is 1.60. The van der Waals surface area contributed by atoms with Crippen molar-refractivity contribution in [2.75, 3.05) is 17.7 Å². The number of carbonyl (C=O) groups is 1. The summed E-state index contributed by atoms with van der Waals surface area (Å²) < 4.78 is 1.30. The summed E-state index contributed by atoms with van der Waals surface area (Å²) in [6.45, 7) is 2.37. The maximum atomic E-state index is 12.9. The maximum Gasteiger partial charge on any atom is 0.330 e. The Hall–Kier alpha value is -3.35. The van der Waals surface area contributed by atoms with E-state index in [0.717, 1.165) is 23.6 Å². The van der Waals surface area contributed by atoms with Crippen molar-refractivity contribution in [3.8, 4) is 0 Å². The molecule has 0 spiro atoms. The summed E-state index contributed by atoms with van der Waals surface area (Å²) in [7, 11) is 1.48. The molecule has 0 unspecified atom stereocenters. The van der Waals surface area contributed by atoms with Crippen LogP contribution in [0.5, 0.6) is 0 Å². The second-order valence-electron chi connectivity index (χ2n) is 6.42. The number of anilines is 2. The Bertz CT molecular complexity index is 1110. The number of aromatic amines is 1. The Balaban J connectivity index is 2.03. The summed E-state index contributed by atoms with van der Waals surface area (Å²) in [6, 6.07) is 13.0. The topological polar surface area (TPSA) is 101 Å². The number of nitrogen functional groups attached to an aromatic ring is 1. The van der Waals surface area contributed by atoms with Crippen molar-refractivity contribution < 1.29 is 4.79 Å². The molecule has 0 bridgehead atoms. The summed E-state index contributed by atoms with van der Waals surface area (Å²) in [4.78, 5) is 40.8. The molecule has 3 aromatic rings. The lowest BCUT2D eigenvalue weighted by atomic mass is 10.1. The van der Waals surface area contributed by atoms with Crippen molar-refractivity contribution in [3.05, 3.63) is 68.9 Å². The minimum absolute atomic E-state index is 0.00570. The molecule has 7 heteroatoms. The van der Waals surface area contributed by atoms with Crippen molar-refractivity contribution in [1.29, 1.82) is 0 Å². The monoisotopic (exact) mass is 366 g/mol. The van der Waals surface area contributed by atoms with Crippen LogP contribution in [0.2, 0.25) is 0 Å². The molecule has 1 aromatic heterocycles. The standard InChI is InChI=1S/C20H22N4O3/c1-3-4-11-24-17(21)16(18(25)22-20(24)27)23(2)19(26)15-10-9-13-7-5-6-8-14(13)12-15/h5-10,12H,3-4,11,21H2,1-2H3,(H,22,25,27). The molecular weight excluding hydrogens is 344 g/mol. The van der Waals surface area contributed by atoms with Gasteiger partial charge in [0.2, 0.25) is 0 Å². The number of carbonyl (C=O) groups excluding carboxylic acids is 1. The molecule has 3 rings (SSSR count). The molecular formula is C20H22N4O3. The summed E-state index contributed by atoms with van der Waals surface area (Å²) >= 11 is 0. The number of rotatable bonds is 5. The van der Waals surface area contributed by atoms with Crippen LogP contribution < -0.4 is 21.9 Å². The van der Waals surface area contributed by atoms with Gasteiger partial charge in [-0.15, -0.1) is 0 Å². The van der Waals surface area contributed by atoms with Gasteiger partial charge in [0.05, 0.1) is 0 Å². The number of nitrogens with zero attached hydrogens (tertiary/aromatic N) is 2. The molecule has 0 radical (unpaired) electrons. The molecule has 7 nitrogen and oxygen atoms in total. The fourth-order valence-corrected chi connectivity index (χ4v) is 3.06. The van der Waals surface area contributed by atoms with Crippen LogP contribution in [-0.4, -0.2) is 22.5 Å². The van der Waals surface area contributed by atoms with E-state index in [0.29, 0.717) is 12.1 Å². The largest absolute Gasteiger partial charge is 0.383 e. The van der Waals surface area contributed by atoms with Gasteiger partial charge in [-0.05, 0) is 29.3 Å². The van der Waals surface area contributed by atoms with Gasteiger partial charge in [-0.1, -0.05) is 43.7 Å². The maximum absolute atomic E-state index is 12.9. The third-order valence-electron chi connectivity index (χ3n) is 4.59. The molecule has 0 fully saturated rings. The van der Waals surface area contributed by atoms with Gasteiger partial charge < -0.3 is 10.6 Å². The summed E-state index contributed by atoms with van der Waals surface area (Å²) in [5.74, 6) is -0.382. The summed E-state index contributed by atoms with van der Waals surface area (Å²) in [5, 5.41) is 1.94. The van der Waals surface area contributed by atoms with Crippen LogP contribution in [0.4, 0.5) is 11.5 Å². The van der Waals surface area contributed by atoms with Crippen LogP contribution in [0.15, 0.2) is 52.1 Å². The van der Waals surface area contributed by atoms with Crippen LogP contribution >= 0.6 is 0 Å². The number of benzene rings is 2. The van der Waals surface area contributed by atoms with Gasteiger partial charge in [-0.2, -0.15) is 0 Å². The van der Waals surface area contributed by atoms with Gasteiger partial charge >= 0.3 is 5.69 Å². The van der Waals surface area contributed by atoms with E-state index in [1.807, 2.05) is 37.3 Å². The Kier molecular flexibility index (Phi) is 5.12. The van der Waals surface area contributed by atoms with Crippen LogP contribution in [0.3, 0.4) is 0 Å². The molecule has 2 aromatic carbocycles. The van der Waals surface area contributed by atoms with Crippen LogP contribution in [0, 0.1) is 0 Å². The van der Waals surface area contributed by atoms with Gasteiger partial charge in [0.25, 0.3) is 11.5 Å². The molecule has 27 heavy (non-hydrogen) atoms. The van der Waals surface area contributed by atoms with Gasteiger partial charge in [-0.3, -0.25) is 19.1 Å². The Labute approximate surface area is 156 Å². The van der Waals surface area contributed by atoms with Crippen LogP contribution in [0.25, 0.3) is 10.8 Å². The number of aromatic nitrogens is 2. The molecule has 0 saturated carbocycles. The van der Waals surface area contributed by atoms with E-state index >= 15 is 0 Å². The first-order valence-corrected chi connectivity index (χ1v) is 8.83. The van der Waals surface area contributed by atoms with E-state index in [2.05, 4.69) is 4.98 Å². The van der Waals surface area contributed by atoms with Crippen molar-refractivity contribution in [2.24, 2.45) is 0 Å². The highest BCUT2D eigenvalue weighted by molar-refractivity contribution is 6.08. The average molecular weight is 366 g/mol. The van der Waals surface area contributed by atoms with E-state index < -0.39 is 11.2 Å². The quantitative estimate of drug-likeness (QED) is 0.724. The van der Waals surface area contributed by atoms with Crippen molar-refractivity contribution >= 4 is 28.2 Å². The second kappa shape index (κ2) is 7.49. The molecule has 0 aliphatic heterocycles. The van der Waals surface area contributed by atoms with Crippen LogP contribution in [-0.2, 0) is 6.54 Å². The number of H-pyrrole nitrogens is 1.